The minimum atomic E-state index is -0.563. The molecule has 0 bridgehead atoms. The molecule has 28 heavy (non-hydrogen) atoms. The zero-order valence-corrected chi connectivity index (χ0v) is 14.9. The van der Waals surface area contributed by atoms with Crippen LogP contribution in [0.1, 0.15) is 26.4 Å². The predicted molar refractivity (Wildman–Crippen MR) is 106 cm³/mol. The number of pyridine rings is 1. The number of hydrogen-bond donors (Lipinski definition) is 2. The van der Waals surface area contributed by atoms with Crippen molar-refractivity contribution < 1.29 is 9.59 Å². The molecule has 0 fully saturated rings. The summed E-state index contributed by atoms with van der Waals surface area (Å²) in [4.78, 5) is 28.0. The quantitative estimate of drug-likeness (QED) is 0.563. The lowest BCUT2D eigenvalue weighted by molar-refractivity contribution is 0.0994. The summed E-state index contributed by atoms with van der Waals surface area (Å²) in [5, 5.41) is 7.95. The van der Waals surface area contributed by atoms with Crippen LogP contribution in [0.4, 0.5) is 5.69 Å². The number of amides is 2. The van der Waals surface area contributed by atoms with Gasteiger partial charge in [-0.1, -0.05) is 30.3 Å². The molecule has 2 aromatic heterocycles. The molecule has 7 nitrogen and oxygen atoms in total. The van der Waals surface area contributed by atoms with Crippen molar-refractivity contribution in [2.75, 3.05) is 5.32 Å². The molecule has 0 atom stereocenters. The molecule has 0 aliphatic carbocycles. The van der Waals surface area contributed by atoms with Crippen molar-refractivity contribution in [3.63, 3.8) is 0 Å². The fourth-order valence-electron chi connectivity index (χ4n) is 3.05. The number of para-hydroxylation sites is 1. The first kappa shape index (κ1) is 17.4. The van der Waals surface area contributed by atoms with Crippen LogP contribution in [-0.2, 0) is 6.54 Å². The maximum atomic E-state index is 12.3. The Balaban J connectivity index is 1.60. The molecule has 4 aromatic rings. The van der Waals surface area contributed by atoms with Crippen LogP contribution in [0.15, 0.2) is 73.1 Å². The van der Waals surface area contributed by atoms with E-state index in [1.54, 1.807) is 23.0 Å². The number of anilines is 1. The van der Waals surface area contributed by atoms with Crippen LogP contribution in [0, 0.1) is 0 Å². The van der Waals surface area contributed by atoms with E-state index in [4.69, 9.17) is 5.73 Å². The Bertz CT molecular complexity index is 1170. The lowest BCUT2D eigenvalue weighted by atomic mass is 10.1. The van der Waals surface area contributed by atoms with E-state index < -0.39 is 5.91 Å². The first-order chi connectivity index (χ1) is 13.6. The fraction of sp³-hybridized carbons (Fsp3) is 0.0476. The number of nitrogens with zero attached hydrogens (tertiary/aromatic N) is 3. The van der Waals surface area contributed by atoms with Gasteiger partial charge in [0.1, 0.15) is 0 Å². The van der Waals surface area contributed by atoms with Crippen LogP contribution in [0.2, 0.25) is 0 Å². The summed E-state index contributed by atoms with van der Waals surface area (Å²) >= 11 is 0. The van der Waals surface area contributed by atoms with Gasteiger partial charge in [0.2, 0.25) is 0 Å². The Morgan fingerprint density at radius 2 is 1.89 bits per heavy atom. The van der Waals surface area contributed by atoms with Crippen molar-refractivity contribution in [2.24, 2.45) is 5.73 Å². The molecule has 0 unspecified atom stereocenters. The van der Waals surface area contributed by atoms with Gasteiger partial charge in [0.15, 0.2) is 5.69 Å². The Morgan fingerprint density at radius 1 is 1.04 bits per heavy atom. The first-order valence-electron chi connectivity index (χ1n) is 8.67. The van der Waals surface area contributed by atoms with Gasteiger partial charge in [0, 0.05) is 23.5 Å². The number of nitrogens with one attached hydrogen (secondary N) is 1. The minimum absolute atomic E-state index is 0.231. The molecular formula is C21H17N5O2. The smallest absolute Gasteiger partial charge is 0.269 e. The Kier molecular flexibility index (Phi) is 4.55. The number of carbonyl (C=O) groups is 2. The topological polar surface area (TPSA) is 103 Å². The van der Waals surface area contributed by atoms with E-state index in [1.165, 1.54) is 6.20 Å². The van der Waals surface area contributed by atoms with Gasteiger partial charge >= 0.3 is 0 Å². The zero-order chi connectivity index (χ0) is 19.5. The van der Waals surface area contributed by atoms with E-state index in [2.05, 4.69) is 15.4 Å². The molecule has 2 heterocycles. The van der Waals surface area contributed by atoms with Gasteiger partial charge in [-0.3, -0.25) is 19.3 Å². The molecule has 0 radical (unpaired) electrons. The van der Waals surface area contributed by atoms with Gasteiger partial charge in [0.05, 0.1) is 17.6 Å². The molecule has 4 rings (SSSR count). The van der Waals surface area contributed by atoms with Gasteiger partial charge in [-0.05, 0) is 35.9 Å². The average Bonchev–Trinajstić information content (AvgIpc) is 3.08. The third-order valence-corrected chi connectivity index (χ3v) is 4.33. The van der Waals surface area contributed by atoms with Gasteiger partial charge in [-0.25, -0.2) is 0 Å². The van der Waals surface area contributed by atoms with Crippen LogP contribution in [0.3, 0.4) is 0 Å². The standard InChI is InChI=1S/C21H17N5O2/c22-20(27)19-17-8-1-2-9-18(17)26(25-19)13-14-5-3-7-16(11-14)24-21(28)15-6-4-10-23-12-15/h1-12H,13H2,(H2,22,27)(H,24,28). The van der Waals surface area contributed by atoms with Crippen molar-refractivity contribution in [1.29, 1.82) is 0 Å². The molecule has 0 spiro atoms. The van der Waals surface area contributed by atoms with Crippen LogP contribution >= 0.6 is 0 Å². The van der Waals surface area contributed by atoms with Crippen molar-refractivity contribution in [1.82, 2.24) is 14.8 Å². The summed E-state index contributed by atoms with van der Waals surface area (Å²) in [5.74, 6) is -0.793. The number of fused-ring (bicyclic) bond motifs is 1. The number of benzene rings is 2. The molecule has 0 saturated carbocycles. The van der Waals surface area contributed by atoms with Crippen LogP contribution in [-0.4, -0.2) is 26.6 Å². The SMILES string of the molecule is NC(=O)c1nn(Cc2cccc(NC(=O)c3cccnc3)c2)c2ccccc12. The number of rotatable bonds is 5. The number of aromatic nitrogens is 3. The highest BCUT2D eigenvalue weighted by molar-refractivity contribution is 6.04. The van der Waals surface area contributed by atoms with E-state index in [1.807, 2.05) is 48.5 Å². The van der Waals surface area contributed by atoms with Gasteiger partial charge in [-0.2, -0.15) is 5.10 Å². The lowest BCUT2D eigenvalue weighted by Gasteiger charge is -2.08. The minimum Gasteiger partial charge on any atom is -0.364 e. The number of hydrogen-bond acceptors (Lipinski definition) is 4. The van der Waals surface area contributed by atoms with E-state index in [-0.39, 0.29) is 11.6 Å². The number of primary amides is 1. The Morgan fingerprint density at radius 3 is 2.68 bits per heavy atom. The van der Waals surface area contributed by atoms with Crippen LogP contribution in [0.5, 0.6) is 0 Å². The maximum absolute atomic E-state index is 12.3. The van der Waals surface area contributed by atoms with Gasteiger partial charge in [-0.15, -0.1) is 0 Å². The molecule has 3 N–H and O–H groups in total. The van der Waals surface area contributed by atoms with E-state index in [0.29, 0.717) is 17.8 Å². The van der Waals surface area contributed by atoms with Gasteiger partial charge < -0.3 is 11.1 Å². The Hall–Kier alpha value is -4.00. The summed E-state index contributed by atoms with van der Waals surface area (Å²) in [5.41, 5.74) is 8.59. The molecular weight excluding hydrogens is 354 g/mol. The second-order valence-corrected chi connectivity index (χ2v) is 6.28. The van der Waals surface area contributed by atoms with E-state index in [9.17, 15) is 9.59 Å². The summed E-state index contributed by atoms with van der Waals surface area (Å²) in [6.45, 7) is 0.435. The Labute approximate surface area is 160 Å². The summed E-state index contributed by atoms with van der Waals surface area (Å²) in [6.07, 6.45) is 3.13. The van der Waals surface area contributed by atoms with Gasteiger partial charge in [0.25, 0.3) is 11.8 Å². The van der Waals surface area contributed by atoms with Crippen LogP contribution in [0.25, 0.3) is 10.9 Å². The summed E-state index contributed by atoms with van der Waals surface area (Å²) < 4.78 is 1.73. The monoisotopic (exact) mass is 371 g/mol. The number of carbonyl (C=O) groups excluding carboxylic acids is 2. The normalized spacial score (nSPS) is 10.7. The highest BCUT2D eigenvalue weighted by atomic mass is 16.2. The number of nitrogens with two attached hydrogens (primary N) is 1. The molecule has 2 amide bonds. The molecule has 138 valence electrons. The fourth-order valence-corrected chi connectivity index (χ4v) is 3.05. The molecule has 0 aliphatic heterocycles. The molecule has 0 aliphatic rings. The molecule has 0 saturated heterocycles. The lowest BCUT2D eigenvalue weighted by Crippen LogP contribution is -2.13. The third kappa shape index (κ3) is 3.45. The maximum Gasteiger partial charge on any atom is 0.269 e. The average molecular weight is 371 g/mol. The van der Waals surface area contributed by atoms with Crippen molar-refractivity contribution in [2.45, 2.75) is 6.54 Å². The predicted octanol–water partition coefficient (Wildman–Crippen LogP) is 2.83. The third-order valence-electron chi connectivity index (χ3n) is 4.33. The van der Waals surface area contributed by atoms with Crippen molar-refractivity contribution in [3.05, 3.63) is 89.9 Å². The zero-order valence-electron chi connectivity index (χ0n) is 14.9. The second kappa shape index (κ2) is 7.32. The first-order valence-corrected chi connectivity index (χ1v) is 8.67. The highest BCUT2D eigenvalue weighted by Crippen LogP contribution is 2.20. The second-order valence-electron chi connectivity index (χ2n) is 6.28. The molecule has 7 heteroatoms. The summed E-state index contributed by atoms with van der Waals surface area (Å²) in [7, 11) is 0. The van der Waals surface area contributed by atoms with Crippen LogP contribution < -0.4 is 11.1 Å². The van der Waals surface area contributed by atoms with Crippen molar-refractivity contribution >= 4 is 28.4 Å². The largest absolute Gasteiger partial charge is 0.364 e. The molecule has 2 aromatic carbocycles. The van der Waals surface area contributed by atoms with Crippen molar-refractivity contribution in [3.8, 4) is 0 Å². The highest BCUT2D eigenvalue weighted by Gasteiger charge is 2.14. The summed E-state index contributed by atoms with van der Waals surface area (Å²) in [6, 6.07) is 18.3. The van der Waals surface area contributed by atoms with E-state index >= 15 is 0 Å². The van der Waals surface area contributed by atoms with E-state index in [0.717, 1.165) is 16.5 Å².